The van der Waals surface area contributed by atoms with Gasteiger partial charge in [0.1, 0.15) is 0 Å². The minimum Gasteiger partial charge on any atom is -0.310 e. The second-order valence-electron chi connectivity index (χ2n) is 5.41. The highest BCUT2D eigenvalue weighted by atomic mass is 32.1. The van der Waals surface area contributed by atoms with E-state index < -0.39 is 0 Å². The monoisotopic (exact) mass is 287 g/mol. The molecule has 0 fully saturated rings. The Morgan fingerprint density at radius 3 is 2.70 bits per heavy atom. The first-order chi connectivity index (χ1) is 9.72. The molecule has 0 saturated carbocycles. The Balaban J connectivity index is 2.11. The Morgan fingerprint density at radius 2 is 2.00 bits per heavy atom. The van der Waals surface area contributed by atoms with E-state index in [0.29, 0.717) is 6.04 Å². The van der Waals surface area contributed by atoms with Crippen molar-refractivity contribution < 1.29 is 0 Å². The van der Waals surface area contributed by atoms with Gasteiger partial charge < -0.3 is 5.32 Å². The molecular formula is C18H25NS. The first-order valence-electron chi connectivity index (χ1n) is 7.54. The third kappa shape index (κ3) is 3.94. The molecular weight excluding hydrogens is 262 g/mol. The van der Waals surface area contributed by atoms with Crippen LogP contribution in [0.2, 0.25) is 0 Å². The Kier molecular flexibility index (Phi) is 5.81. The highest BCUT2D eigenvalue weighted by Crippen LogP contribution is 2.25. The third-order valence-electron chi connectivity index (χ3n) is 3.92. The van der Waals surface area contributed by atoms with Gasteiger partial charge in [0.2, 0.25) is 0 Å². The van der Waals surface area contributed by atoms with Crippen LogP contribution in [0.3, 0.4) is 0 Å². The van der Waals surface area contributed by atoms with Crippen LogP contribution in [0.25, 0.3) is 0 Å². The number of hydrogen-bond acceptors (Lipinski definition) is 2. The van der Waals surface area contributed by atoms with Crippen molar-refractivity contribution in [3.63, 3.8) is 0 Å². The number of thiophene rings is 1. The van der Waals surface area contributed by atoms with Crippen molar-refractivity contribution in [3.05, 3.63) is 57.3 Å². The van der Waals surface area contributed by atoms with E-state index in [1.165, 1.54) is 34.4 Å². The maximum Gasteiger partial charge on any atom is 0.0326 e. The van der Waals surface area contributed by atoms with Gasteiger partial charge in [0.05, 0.1) is 0 Å². The lowest BCUT2D eigenvalue weighted by molar-refractivity contribution is 0.498. The van der Waals surface area contributed by atoms with E-state index in [1.807, 2.05) is 11.3 Å². The topological polar surface area (TPSA) is 12.0 Å². The summed E-state index contributed by atoms with van der Waals surface area (Å²) in [4.78, 5) is 1.48. The predicted octanol–water partition coefficient (Wildman–Crippen LogP) is 5.04. The minimum atomic E-state index is 0.469. The lowest BCUT2D eigenvalue weighted by Gasteiger charge is -2.21. The van der Waals surface area contributed by atoms with E-state index in [9.17, 15) is 0 Å². The second-order valence-corrected chi connectivity index (χ2v) is 6.45. The average molecular weight is 287 g/mol. The fourth-order valence-electron chi connectivity index (χ4n) is 2.58. The first kappa shape index (κ1) is 15.3. The molecule has 1 nitrogen and oxygen atoms in total. The van der Waals surface area contributed by atoms with E-state index >= 15 is 0 Å². The molecule has 0 saturated heterocycles. The molecule has 1 heterocycles. The Labute approximate surface area is 127 Å². The summed E-state index contributed by atoms with van der Waals surface area (Å²) >= 11 is 1.86. The van der Waals surface area contributed by atoms with Gasteiger partial charge in [-0.3, -0.25) is 0 Å². The molecule has 1 N–H and O–H groups in total. The van der Waals surface area contributed by atoms with E-state index in [0.717, 1.165) is 13.0 Å². The normalized spacial score (nSPS) is 12.6. The number of hydrogen-bond donors (Lipinski definition) is 1. The third-order valence-corrected chi connectivity index (χ3v) is 4.86. The molecule has 1 atom stereocenters. The fourth-order valence-corrected chi connectivity index (χ4v) is 3.30. The van der Waals surface area contributed by atoms with Crippen LogP contribution in [-0.4, -0.2) is 6.54 Å². The quantitative estimate of drug-likeness (QED) is 0.752. The van der Waals surface area contributed by atoms with Gasteiger partial charge in [0, 0.05) is 10.9 Å². The first-order valence-corrected chi connectivity index (χ1v) is 8.42. The Hall–Kier alpha value is -1.12. The number of aryl methyl sites for hydroxylation is 2. The van der Waals surface area contributed by atoms with E-state index in [4.69, 9.17) is 0 Å². The summed E-state index contributed by atoms with van der Waals surface area (Å²) < 4.78 is 0. The summed E-state index contributed by atoms with van der Waals surface area (Å²) in [6, 6.07) is 11.5. The summed E-state index contributed by atoms with van der Waals surface area (Å²) in [5, 5.41) is 5.89. The second kappa shape index (κ2) is 7.61. The molecule has 0 aliphatic rings. The predicted molar refractivity (Wildman–Crippen MR) is 89.6 cm³/mol. The zero-order valence-corrected chi connectivity index (χ0v) is 13.6. The van der Waals surface area contributed by atoms with Gasteiger partial charge in [-0.1, -0.05) is 31.2 Å². The summed E-state index contributed by atoms with van der Waals surface area (Å²) in [5.74, 6) is 0. The smallest absolute Gasteiger partial charge is 0.0326 e. The minimum absolute atomic E-state index is 0.469. The molecule has 0 radical (unpaired) electrons. The molecule has 2 aromatic rings. The molecule has 2 rings (SSSR count). The fraction of sp³-hybridized carbons (Fsp3) is 0.444. The molecule has 20 heavy (non-hydrogen) atoms. The zero-order chi connectivity index (χ0) is 14.4. The van der Waals surface area contributed by atoms with E-state index in [1.54, 1.807) is 0 Å². The molecule has 0 aliphatic heterocycles. The Morgan fingerprint density at radius 1 is 1.15 bits per heavy atom. The van der Waals surface area contributed by atoms with Crippen LogP contribution in [0.1, 0.15) is 47.4 Å². The molecule has 0 spiro atoms. The molecule has 0 amide bonds. The summed E-state index contributed by atoms with van der Waals surface area (Å²) in [6.07, 6.45) is 3.51. The number of benzene rings is 1. The standard InChI is InChI=1S/C18H25NS/c1-4-12-19-18(11-10-16-8-6-13-20-16)17-9-5-7-14(2)15(17)3/h5-9,13,18-19H,4,10-12H2,1-3H3. The summed E-state index contributed by atoms with van der Waals surface area (Å²) in [6.45, 7) is 7.76. The molecule has 2 heteroatoms. The van der Waals surface area contributed by atoms with E-state index in [-0.39, 0.29) is 0 Å². The number of nitrogens with one attached hydrogen (secondary N) is 1. The van der Waals surface area contributed by atoms with Crippen LogP contribution in [0, 0.1) is 13.8 Å². The van der Waals surface area contributed by atoms with Crippen molar-refractivity contribution in [3.8, 4) is 0 Å². The van der Waals surface area contributed by atoms with Gasteiger partial charge in [0.15, 0.2) is 0 Å². The van der Waals surface area contributed by atoms with Crippen LogP contribution in [0.5, 0.6) is 0 Å². The van der Waals surface area contributed by atoms with Gasteiger partial charge in [-0.15, -0.1) is 11.3 Å². The van der Waals surface area contributed by atoms with Gasteiger partial charge in [-0.25, -0.2) is 0 Å². The molecule has 108 valence electrons. The number of rotatable bonds is 7. The summed E-state index contributed by atoms with van der Waals surface area (Å²) in [7, 11) is 0. The average Bonchev–Trinajstić information content (AvgIpc) is 2.96. The van der Waals surface area contributed by atoms with Gasteiger partial charge in [-0.05, 0) is 67.8 Å². The van der Waals surface area contributed by atoms with Crippen molar-refractivity contribution in [2.75, 3.05) is 6.54 Å². The van der Waals surface area contributed by atoms with Crippen molar-refractivity contribution in [1.29, 1.82) is 0 Å². The maximum atomic E-state index is 3.72. The Bertz CT molecular complexity index is 516. The SMILES string of the molecule is CCCNC(CCc1cccs1)c1cccc(C)c1C. The largest absolute Gasteiger partial charge is 0.310 e. The lowest BCUT2D eigenvalue weighted by atomic mass is 9.94. The van der Waals surface area contributed by atoms with Crippen molar-refractivity contribution in [1.82, 2.24) is 5.32 Å². The highest BCUT2D eigenvalue weighted by Gasteiger charge is 2.14. The highest BCUT2D eigenvalue weighted by molar-refractivity contribution is 7.09. The van der Waals surface area contributed by atoms with Gasteiger partial charge >= 0.3 is 0 Å². The zero-order valence-electron chi connectivity index (χ0n) is 12.8. The molecule has 1 aromatic carbocycles. The van der Waals surface area contributed by atoms with Crippen molar-refractivity contribution in [2.45, 2.75) is 46.1 Å². The lowest BCUT2D eigenvalue weighted by Crippen LogP contribution is -2.23. The van der Waals surface area contributed by atoms with Crippen LogP contribution in [0.15, 0.2) is 35.7 Å². The maximum absolute atomic E-state index is 3.72. The molecule has 0 bridgehead atoms. The van der Waals surface area contributed by atoms with Crippen LogP contribution < -0.4 is 5.32 Å². The van der Waals surface area contributed by atoms with Crippen LogP contribution in [0.4, 0.5) is 0 Å². The van der Waals surface area contributed by atoms with Gasteiger partial charge in [0.25, 0.3) is 0 Å². The molecule has 1 unspecified atom stereocenters. The molecule has 1 aromatic heterocycles. The molecule has 0 aliphatic carbocycles. The van der Waals surface area contributed by atoms with Crippen LogP contribution in [-0.2, 0) is 6.42 Å². The van der Waals surface area contributed by atoms with Gasteiger partial charge in [-0.2, -0.15) is 0 Å². The van der Waals surface area contributed by atoms with Crippen molar-refractivity contribution in [2.24, 2.45) is 0 Å². The van der Waals surface area contributed by atoms with Crippen molar-refractivity contribution >= 4 is 11.3 Å². The van der Waals surface area contributed by atoms with Crippen LogP contribution >= 0.6 is 11.3 Å². The van der Waals surface area contributed by atoms with E-state index in [2.05, 4.69) is 61.8 Å². The summed E-state index contributed by atoms with van der Waals surface area (Å²) in [5.41, 5.74) is 4.30.